The van der Waals surface area contributed by atoms with E-state index in [0.29, 0.717) is 0 Å². The van der Waals surface area contributed by atoms with Crippen LogP contribution < -0.4 is 0 Å². The van der Waals surface area contributed by atoms with Gasteiger partial charge in [0.1, 0.15) is 0 Å². The number of nitrogens with zero attached hydrogens (tertiary/aromatic N) is 1. The Hall–Kier alpha value is -2.67. The fourth-order valence-electron chi connectivity index (χ4n) is 2.60. The third-order valence-corrected chi connectivity index (χ3v) is 3.54. The second kappa shape index (κ2) is 6.19. The molecule has 0 radical (unpaired) electrons. The molecule has 0 aliphatic carbocycles. The summed E-state index contributed by atoms with van der Waals surface area (Å²) in [6.45, 7) is 3.87. The van der Waals surface area contributed by atoms with Crippen LogP contribution in [0.3, 0.4) is 0 Å². The Morgan fingerprint density at radius 3 is 2.05 bits per heavy atom. The quantitative estimate of drug-likeness (QED) is 0.598. The summed E-state index contributed by atoms with van der Waals surface area (Å²) in [5.74, 6) is 0. The molecular formula is C20H17N. The van der Waals surface area contributed by atoms with E-state index in [2.05, 4.69) is 60.1 Å². The zero-order valence-electron chi connectivity index (χ0n) is 11.9. The second-order valence-electron chi connectivity index (χ2n) is 4.95. The minimum atomic E-state index is 0.817. The monoisotopic (exact) mass is 271 g/mol. The molecule has 0 saturated carbocycles. The van der Waals surface area contributed by atoms with Crippen LogP contribution in [0, 0.1) is 0 Å². The molecule has 0 unspecified atom stereocenters. The highest BCUT2D eigenvalue weighted by Crippen LogP contribution is 2.34. The van der Waals surface area contributed by atoms with Gasteiger partial charge >= 0.3 is 0 Å². The number of hydrogen-bond acceptors (Lipinski definition) is 1. The van der Waals surface area contributed by atoms with Crippen LogP contribution in [0.1, 0.15) is 5.56 Å². The van der Waals surface area contributed by atoms with Gasteiger partial charge in [-0.25, -0.2) is 0 Å². The Morgan fingerprint density at radius 2 is 1.43 bits per heavy atom. The molecule has 0 saturated heterocycles. The number of aromatic nitrogens is 1. The van der Waals surface area contributed by atoms with Crippen molar-refractivity contribution < 1.29 is 0 Å². The van der Waals surface area contributed by atoms with Gasteiger partial charge in [0, 0.05) is 18.0 Å². The van der Waals surface area contributed by atoms with E-state index in [-0.39, 0.29) is 0 Å². The molecule has 102 valence electrons. The predicted octanol–water partition coefficient (Wildman–Crippen LogP) is 5.14. The van der Waals surface area contributed by atoms with Crippen molar-refractivity contribution in [3.05, 3.63) is 91.3 Å². The smallest absolute Gasteiger partial charge is 0.0352 e. The maximum absolute atomic E-state index is 4.42. The standard InChI is InChI=1S/C20H17N/c1-2-9-18-14-21-15-19(16-10-5-3-6-11-16)20(18)17-12-7-4-8-13-17/h2-8,10-15H,1,9H2. The van der Waals surface area contributed by atoms with Gasteiger partial charge in [-0.3, -0.25) is 4.98 Å². The minimum absolute atomic E-state index is 0.817. The van der Waals surface area contributed by atoms with Crippen molar-refractivity contribution >= 4 is 0 Å². The number of allylic oxidation sites excluding steroid dienone is 1. The molecule has 0 fully saturated rings. The molecule has 21 heavy (non-hydrogen) atoms. The molecule has 3 rings (SSSR count). The Kier molecular flexibility index (Phi) is 3.92. The van der Waals surface area contributed by atoms with Gasteiger partial charge in [-0.15, -0.1) is 6.58 Å². The van der Waals surface area contributed by atoms with Gasteiger partial charge in [0.05, 0.1) is 0 Å². The molecule has 1 nitrogen and oxygen atoms in total. The molecular weight excluding hydrogens is 254 g/mol. The largest absolute Gasteiger partial charge is 0.264 e. The van der Waals surface area contributed by atoms with Crippen molar-refractivity contribution in [2.24, 2.45) is 0 Å². The third kappa shape index (κ3) is 2.77. The first-order valence-corrected chi connectivity index (χ1v) is 7.09. The van der Waals surface area contributed by atoms with E-state index in [1.54, 1.807) is 0 Å². The van der Waals surface area contributed by atoms with Crippen LogP contribution >= 0.6 is 0 Å². The average molecular weight is 271 g/mol. The van der Waals surface area contributed by atoms with E-state index < -0.39 is 0 Å². The third-order valence-electron chi connectivity index (χ3n) is 3.54. The number of hydrogen-bond donors (Lipinski definition) is 0. The first-order chi connectivity index (χ1) is 10.4. The molecule has 0 N–H and O–H groups in total. The summed E-state index contributed by atoms with van der Waals surface area (Å²) in [7, 11) is 0. The summed E-state index contributed by atoms with van der Waals surface area (Å²) in [4.78, 5) is 4.42. The van der Waals surface area contributed by atoms with Gasteiger partial charge in [-0.05, 0) is 28.7 Å². The molecule has 0 aliphatic heterocycles. The van der Waals surface area contributed by atoms with Crippen LogP contribution in [0.25, 0.3) is 22.3 Å². The highest BCUT2D eigenvalue weighted by molar-refractivity contribution is 5.85. The van der Waals surface area contributed by atoms with Crippen LogP contribution in [-0.2, 0) is 6.42 Å². The molecule has 0 spiro atoms. The van der Waals surface area contributed by atoms with Crippen molar-refractivity contribution in [1.82, 2.24) is 4.98 Å². The molecule has 1 heterocycles. The van der Waals surface area contributed by atoms with Gasteiger partial charge in [-0.2, -0.15) is 0 Å². The summed E-state index contributed by atoms with van der Waals surface area (Å²) in [5, 5.41) is 0. The zero-order valence-corrected chi connectivity index (χ0v) is 11.9. The number of rotatable bonds is 4. The van der Waals surface area contributed by atoms with Crippen molar-refractivity contribution in [3.63, 3.8) is 0 Å². The lowest BCUT2D eigenvalue weighted by molar-refractivity contribution is 1.20. The highest BCUT2D eigenvalue weighted by Gasteiger charge is 2.11. The van der Waals surface area contributed by atoms with E-state index in [1.165, 1.54) is 27.8 Å². The Labute approximate surface area is 125 Å². The first kappa shape index (κ1) is 13.3. The molecule has 0 amide bonds. The number of benzene rings is 2. The predicted molar refractivity (Wildman–Crippen MR) is 89.0 cm³/mol. The lowest BCUT2D eigenvalue weighted by atomic mass is 9.91. The van der Waals surface area contributed by atoms with Gasteiger partial charge < -0.3 is 0 Å². The topological polar surface area (TPSA) is 12.9 Å². The molecule has 2 aromatic carbocycles. The first-order valence-electron chi connectivity index (χ1n) is 7.09. The van der Waals surface area contributed by atoms with E-state index in [0.717, 1.165) is 6.42 Å². The summed E-state index contributed by atoms with van der Waals surface area (Å²) >= 11 is 0. The SMILES string of the molecule is C=CCc1cncc(-c2ccccc2)c1-c1ccccc1. The molecule has 1 aromatic heterocycles. The summed E-state index contributed by atoms with van der Waals surface area (Å²) in [6.07, 6.45) is 6.64. The van der Waals surface area contributed by atoms with E-state index in [1.807, 2.05) is 30.6 Å². The summed E-state index contributed by atoms with van der Waals surface area (Å²) < 4.78 is 0. The maximum Gasteiger partial charge on any atom is 0.0352 e. The van der Waals surface area contributed by atoms with Crippen LogP contribution in [0.5, 0.6) is 0 Å². The zero-order chi connectivity index (χ0) is 14.5. The molecule has 0 bridgehead atoms. The molecule has 3 aromatic rings. The fourth-order valence-corrected chi connectivity index (χ4v) is 2.60. The fraction of sp³-hybridized carbons (Fsp3) is 0.0500. The molecule has 0 atom stereocenters. The highest BCUT2D eigenvalue weighted by atomic mass is 14.6. The van der Waals surface area contributed by atoms with Crippen molar-refractivity contribution in [3.8, 4) is 22.3 Å². The Morgan fingerprint density at radius 1 is 0.810 bits per heavy atom. The van der Waals surface area contributed by atoms with Gasteiger partial charge in [-0.1, -0.05) is 66.7 Å². The molecule has 1 heteroatoms. The summed E-state index contributed by atoms with van der Waals surface area (Å²) in [5.41, 5.74) is 6.03. The average Bonchev–Trinajstić information content (AvgIpc) is 2.56. The van der Waals surface area contributed by atoms with E-state index >= 15 is 0 Å². The Bertz CT molecular complexity index is 730. The van der Waals surface area contributed by atoms with Gasteiger partial charge in [0.15, 0.2) is 0 Å². The lowest BCUT2D eigenvalue weighted by Crippen LogP contribution is -1.94. The minimum Gasteiger partial charge on any atom is -0.264 e. The van der Waals surface area contributed by atoms with Crippen LogP contribution in [0.2, 0.25) is 0 Å². The van der Waals surface area contributed by atoms with E-state index in [9.17, 15) is 0 Å². The van der Waals surface area contributed by atoms with Crippen molar-refractivity contribution in [2.45, 2.75) is 6.42 Å². The second-order valence-corrected chi connectivity index (χ2v) is 4.95. The van der Waals surface area contributed by atoms with Crippen LogP contribution in [0.4, 0.5) is 0 Å². The lowest BCUT2D eigenvalue weighted by Gasteiger charge is -2.14. The normalized spacial score (nSPS) is 10.3. The number of pyridine rings is 1. The van der Waals surface area contributed by atoms with Crippen molar-refractivity contribution in [1.29, 1.82) is 0 Å². The summed E-state index contributed by atoms with van der Waals surface area (Å²) in [6, 6.07) is 20.9. The van der Waals surface area contributed by atoms with Crippen LogP contribution in [0.15, 0.2) is 85.7 Å². The Balaban J connectivity index is 2.25. The van der Waals surface area contributed by atoms with Gasteiger partial charge in [0.2, 0.25) is 0 Å². The van der Waals surface area contributed by atoms with Crippen LogP contribution in [-0.4, -0.2) is 4.98 Å². The van der Waals surface area contributed by atoms with E-state index in [4.69, 9.17) is 0 Å². The van der Waals surface area contributed by atoms with Crippen molar-refractivity contribution in [2.75, 3.05) is 0 Å². The van der Waals surface area contributed by atoms with Gasteiger partial charge in [0.25, 0.3) is 0 Å². The molecule has 0 aliphatic rings. The maximum atomic E-state index is 4.42.